The standard InChI is InChI=1S/C24H32N2O2.C2H6/c1-3-24(27)26(22-11-5-4-6-12-22)19-21-10-8-16-25(18-21)17-20-9-7-13-23(28-2)15-14-20;1-2/h4-7,9,11-12,14-15,21H,3,8,10,13,16-19H2,1-2H3;1-2H3. The van der Waals surface area contributed by atoms with E-state index in [4.69, 9.17) is 4.74 Å². The summed E-state index contributed by atoms with van der Waals surface area (Å²) in [4.78, 5) is 17.1. The molecule has 1 heterocycles. The lowest BCUT2D eigenvalue weighted by atomic mass is 9.96. The highest BCUT2D eigenvalue weighted by Gasteiger charge is 2.25. The zero-order chi connectivity index (χ0) is 21.8. The lowest BCUT2D eigenvalue weighted by Crippen LogP contribution is -2.43. The minimum absolute atomic E-state index is 0.204. The molecule has 1 amide bonds. The van der Waals surface area contributed by atoms with E-state index in [2.05, 4.69) is 29.2 Å². The molecular weight excluding hydrogens is 372 g/mol. The maximum atomic E-state index is 12.6. The topological polar surface area (TPSA) is 32.8 Å². The van der Waals surface area contributed by atoms with E-state index >= 15 is 0 Å². The van der Waals surface area contributed by atoms with Crippen LogP contribution in [0.5, 0.6) is 0 Å². The highest BCUT2D eigenvalue weighted by molar-refractivity contribution is 5.93. The van der Waals surface area contributed by atoms with Crippen molar-refractivity contribution < 1.29 is 9.53 Å². The Morgan fingerprint density at radius 1 is 1.20 bits per heavy atom. The van der Waals surface area contributed by atoms with Crippen LogP contribution in [0.3, 0.4) is 0 Å². The average Bonchev–Trinajstić information content (AvgIpc) is 3.04. The van der Waals surface area contributed by atoms with Gasteiger partial charge >= 0.3 is 0 Å². The van der Waals surface area contributed by atoms with Crippen LogP contribution in [0.2, 0.25) is 0 Å². The van der Waals surface area contributed by atoms with Crippen LogP contribution in [0.1, 0.15) is 46.5 Å². The van der Waals surface area contributed by atoms with Gasteiger partial charge in [0.2, 0.25) is 5.91 Å². The Hall–Kier alpha value is -2.33. The maximum Gasteiger partial charge on any atom is 0.226 e. The van der Waals surface area contributed by atoms with E-state index in [0.29, 0.717) is 12.3 Å². The molecule has 2 aliphatic rings. The normalized spacial score (nSPS) is 19.0. The maximum absolute atomic E-state index is 12.6. The number of nitrogens with zero attached hydrogens (tertiary/aromatic N) is 2. The molecule has 30 heavy (non-hydrogen) atoms. The van der Waals surface area contributed by atoms with Crippen molar-refractivity contribution in [2.24, 2.45) is 5.92 Å². The number of piperidine rings is 1. The predicted molar refractivity (Wildman–Crippen MR) is 127 cm³/mol. The van der Waals surface area contributed by atoms with Crippen molar-refractivity contribution in [3.05, 3.63) is 66.0 Å². The first-order chi connectivity index (χ1) is 14.7. The lowest BCUT2D eigenvalue weighted by molar-refractivity contribution is -0.118. The number of para-hydroxylation sites is 1. The average molecular weight is 411 g/mol. The minimum atomic E-state index is 0.204. The molecule has 1 aromatic rings. The third kappa shape index (κ3) is 7.17. The summed E-state index contributed by atoms with van der Waals surface area (Å²) in [5.41, 5.74) is 2.33. The van der Waals surface area contributed by atoms with Gasteiger partial charge in [-0.15, -0.1) is 0 Å². The summed E-state index contributed by atoms with van der Waals surface area (Å²) in [7, 11) is 1.73. The molecule has 1 atom stereocenters. The molecule has 0 radical (unpaired) electrons. The second-order valence-electron chi connectivity index (χ2n) is 7.62. The molecule has 4 nitrogen and oxygen atoms in total. The first kappa shape index (κ1) is 23.9. The Morgan fingerprint density at radius 2 is 1.97 bits per heavy atom. The van der Waals surface area contributed by atoms with Crippen molar-refractivity contribution in [2.75, 3.05) is 38.2 Å². The van der Waals surface area contributed by atoms with Crippen molar-refractivity contribution >= 4 is 11.6 Å². The van der Waals surface area contributed by atoms with Crippen molar-refractivity contribution in [1.82, 2.24) is 4.90 Å². The number of allylic oxidation sites excluding steroid dienone is 3. The van der Waals surface area contributed by atoms with Gasteiger partial charge in [0.25, 0.3) is 0 Å². The molecule has 1 aromatic carbocycles. The van der Waals surface area contributed by atoms with E-state index in [1.807, 2.05) is 56.0 Å². The summed E-state index contributed by atoms with van der Waals surface area (Å²) in [6.07, 6.45) is 12.4. The highest BCUT2D eigenvalue weighted by atomic mass is 16.5. The fourth-order valence-corrected chi connectivity index (χ4v) is 4.02. The molecule has 0 saturated carbocycles. The van der Waals surface area contributed by atoms with Gasteiger partial charge in [-0.05, 0) is 49.1 Å². The van der Waals surface area contributed by atoms with Gasteiger partial charge in [0.15, 0.2) is 0 Å². The number of rotatable bonds is 7. The van der Waals surface area contributed by atoms with Gasteiger partial charge in [0.05, 0.1) is 12.9 Å². The Labute approximate surface area is 182 Å². The van der Waals surface area contributed by atoms with Gasteiger partial charge in [0, 0.05) is 38.2 Å². The van der Waals surface area contributed by atoms with E-state index in [-0.39, 0.29) is 5.91 Å². The molecule has 1 fully saturated rings. The zero-order valence-electron chi connectivity index (χ0n) is 19.1. The third-order valence-corrected chi connectivity index (χ3v) is 5.52. The SMILES string of the molecule is CC.CCC(=O)N(CC1CCCN(CC2=CC=C(OC)CC=C2)C1)c1ccccc1. The van der Waals surface area contributed by atoms with Crippen molar-refractivity contribution in [3.8, 4) is 0 Å². The Bertz CT molecular complexity index is 737. The van der Waals surface area contributed by atoms with Crippen molar-refractivity contribution in [1.29, 1.82) is 0 Å². The molecule has 1 aliphatic carbocycles. The van der Waals surface area contributed by atoms with Gasteiger partial charge in [-0.25, -0.2) is 0 Å². The number of carbonyl (C=O) groups excluding carboxylic acids is 1. The van der Waals surface area contributed by atoms with Gasteiger partial charge in [-0.2, -0.15) is 0 Å². The molecule has 0 bridgehead atoms. The van der Waals surface area contributed by atoms with Crippen LogP contribution in [0.15, 0.2) is 66.0 Å². The first-order valence-electron chi connectivity index (χ1n) is 11.4. The number of hydrogen-bond acceptors (Lipinski definition) is 3. The fourth-order valence-electron chi connectivity index (χ4n) is 4.02. The van der Waals surface area contributed by atoms with E-state index in [0.717, 1.165) is 44.0 Å². The molecule has 0 aromatic heterocycles. The number of hydrogen-bond donors (Lipinski definition) is 0. The number of amides is 1. The van der Waals surface area contributed by atoms with Crippen molar-refractivity contribution in [3.63, 3.8) is 0 Å². The molecule has 1 saturated heterocycles. The van der Waals surface area contributed by atoms with E-state index in [9.17, 15) is 4.79 Å². The van der Waals surface area contributed by atoms with E-state index < -0.39 is 0 Å². The zero-order valence-corrected chi connectivity index (χ0v) is 19.1. The number of likely N-dealkylation sites (tertiary alicyclic amines) is 1. The Balaban J connectivity index is 0.00000155. The molecule has 0 spiro atoms. The number of carbonyl (C=O) groups is 1. The summed E-state index contributed by atoms with van der Waals surface area (Å²) in [5, 5.41) is 0. The molecule has 1 unspecified atom stereocenters. The molecule has 4 heteroatoms. The van der Waals surface area contributed by atoms with Crippen LogP contribution in [0.25, 0.3) is 0 Å². The number of methoxy groups -OCH3 is 1. The quantitative estimate of drug-likeness (QED) is 0.588. The van der Waals surface area contributed by atoms with E-state index in [1.165, 1.54) is 18.4 Å². The second kappa shape index (κ2) is 13.1. The van der Waals surface area contributed by atoms with Crippen LogP contribution >= 0.6 is 0 Å². The van der Waals surface area contributed by atoms with Crippen LogP contribution in [-0.2, 0) is 9.53 Å². The first-order valence-corrected chi connectivity index (χ1v) is 11.4. The minimum Gasteiger partial charge on any atom is -0.501 e. The van der Waals surface area contributed by atoms with Gasteiger partial charge in [-0.1, -0.05) is 57.2 Å². The molecular formula is C26H38N2O2. The van der Waals surface area contributed by atoms with Gasteiger partial charge in [-0.3, -0.25) is 9.69 Å². The summed E-state index contributed by atoms with van der Waals surface area (Å²) in [6, 6.07) is 10.1. The van der Waals surface area contributed by atoms with E-state index in [1.54, 1.807) is 7.11 Å². The monoisotopic (exact) mass is 410 g/mol. The Morgan fingerprint density at radius 3 is 2.67 bits per heavy atom. The molecule has 164 valence electrons. The van der Waals surface area contributed by atoms with Crippen LogP contribution < -0.4 is 4.90 Å². The fraction of sp³-hybridized carbons (Fsp3) is 0.500. The van der Waals surface area contributed by atoms with Gasteiger partial charge < -0.3 is 9.64 Å². The lowest BCUT2D eigenvalue weighted by Gasteiger charge is -2.36. The largest absolute Gasteiger partial charge is 0.501 e. The summed E-state index contributed by atoms with van der Waals surface area (Å²) < 4.78 is 5.36. The number of ether oxygens (including phenoxy) is 1. The highest BCUT2D eigenvalue weighted by Crippen LogP contribution is 2.23. The van der Waals surface area contributed by atoms with Crippen LogP contribution in [0, 0.1) is 5.92 Å². The van der Waals surface area contributed by atoms with Crippen molar-refractivity contribution in [2.45, 2.75) is 46.5 Å². The van der Waals surface area contributed by atoms with Crippen LogP contribution in [-0.4, -0.2) is 44.1 Å². The third-order valence-electron chi connectivity index (χ3n) is 5.52. The Kier molecular flexibility index (Phi) is 10.4. The molecule has 1 aliphatic heterocycles. The molecule has 0 N–H and O–H groups in total. The summed E-state index contributed by atoms with van der Waals surface area (Å²) >= 11 is 0. The number of anilines is 1. The van der Waals surface area contributed by atoms with Crippen LogP contribution in [0.4, 0.5) is 5.69 Å². The smallest absolute Gasteiger partial charge is 0.226 e. The van der Waals surface area contributed by atoms with Gasteiger partial charge in [0.1, 0.15) is 0 Å². The molecule has 3 rings (SSSR count). The summed E-state index contributed by atoms with van der Waals surface area (Å²) in [6.45, 7) is 9.85. The number of benzene rings is 1. The second-order valence-corrected chi connectivity index (χ2v) is 7.62. The summed E-state index contributed by atoms with van der Waals surface area (Å²) in [5.74, 6) is 1.71. The predicted octanol–water partition coefficient (Wildman–Crippen LogP) is 5.58.